The highest BCUT2D eigenvalue weighted by Crippen LogP contribution is 2.42. The molecular weight excluding hydrogens is 619 g/mol. The van der Waals surface area contributed by atoms with Crippen LogP contribution in [0.2, 0.25) is 10.0 Å². The molecule has 10 nitrogen and oxygen atoms in total. The molecule has 0 amide bonds. The van der Waals surface area contributed by atoms with Crippen molar-refractivity contribution in [1.82, 2.24) is 15.0 Å². The second kappa shape index (κ2) is 13.4. The molecule has 2 aromatic carbocycles. The summed E-state index contributed by atoms with van der Waals surface area (Å²) >= 11 is 13.4. The lowest BCUT2D eigenvalue weighted by atomic mass is 9.96. The summed E-state index contributed by atoms with van der Waals surface area (Å²) in [5, 5.41) is 8.79. The summed E-state index contributed by atoms with van der Waals surface area (Å²) in [7, 11) is 0. The fourth-order valence-corrected chi connectivity index (χ4v) is 5.82. The highest BCUT2D eigenvalue weighted by atomic mass is 35.5. The smallest absolute Gasteiger partial charge is 0.303 e. The van der Waals surface area contributed by atoms with E-state index in [0.29, 0.717) is 9.92 Å². The van der Waals surface area contributed by atoms with Crippen LogP contribution in [0.15, 0.2) is 41.4 Å². The SMILES string of the molecule is CC(=O)OCC1O[C@H](Sc2ccc(Cl)c(Cl)c2)[C@@H](OC(C)=O)C(n2cc(-c3cc(F)c(C)c(F)c3)nn2)[C@H]1OC(C)=O. The Kier molecular flexibility index (Phi) is 10.1. The third-order valence-electron chi connectivity index (χ3n) is 6.21. The number of nitrogens with zero attached hydrogens (tertiary/aromatic N) is 3. The van der Waals surface area contributed by atoms with Crippen LogP contribution in [-0.4, -0.2) is 63.3 Å². The molecule has 3 aromatic rings. The largest absolute Gasteiger partial charge is 0.463 e. The van der Waals surface area contributed by atoms with Crippen molar-refractivity contribution >= 4 is 52.9 Å². The van der Waals surface area contributed by atoms with Gasteiger partial charge in [-0.05, 0) is 37.3 Å². The fourth-order valence-electron chi connectivity index (χ4n) is 4.31. The van der Waals surface area contributed by atoms with E-state index in [9.17, 15) is 23.2 Å². The summed E-state index contributed by atoms with van der Waals surface area (Å²) in [6.07, 6.45) is -2.06. The van der Waals surface area contributed by atoms with Crippen molar-refractivity contribution in [2.24, 2.45) is 0 Å². The molecule has 2 heterocycles. The molecule has 42 heavy (non-hydrogen) atoms. The van der Waals surface area contributed by atoms with Crippen LogP contribution < -0.4 is 0 Å². The Morgan fingerprint density at radius 2 is 1.62 bits per heavy atom. The third kappa shape index (κ3) is 7.38. The van der Waals surface area contributed by atoms with Crippen molar-refractivity contribution in [2.75, 3.05) is 6.61 Å². The van der Waals surface area contributed by atoms with Gasteiger partial charge in [0, 0.05) is 36.8 Å². The molecule has 1 aromatic heterocycles. The van der Waals surface area contributed by atoms with Crippen molar-refractivity contribution in [3.8, 4) is 11.3 Å². The van der Waals surface area contributed by atoms with Crippen molar-refractivity contribution in [2.45, 2.75) is 62.4 Å². The Morgan fingerprint density at radius 3 is 2.21 bits per heavy atom. The van der Waals surface area contributed by atoms with Gasteiger partial charge < -0.3 is 18.9 Å². The Bertz CT molecular complexity index is 1490. The zero-order chi connectivity index (χ0) is 30.7. The van der Waals surface area contributed by atoms with Gasteiger partial charge in [0.1, 0.15) is 41.5 Å². The highest BCUT2D eigenvalue weighted by molar-refractivity contribution is 7.99. The van der Waals surface area contributed by atoms with Crippen LogP contribution in [0.3, 0.4) is 0 Å². The van der Waals surface area contributed by atoms with E-state index >= 15 is 0 Å². The van der Waals surface area contributed by atoms with E-state index in [2.05, 4.69) is 10.3 Å². The Balaban J connectivity index is 1.82. The van der Waals surface area contributed by atoms with Crippen LogP contribution in [0.4, 0.5) is 8.78 Å². The highest BCUT2D eigenvalue weighted by Gasteiger charge is 2.52. The molecule has 2 unspecified atom stereocenters. The van der Waals surface area contributed by atoms with Gasteiger partial charge in [0.05, 0.1) is 16.2 Å². The summed E-state index contributed by atoms with van der Waals surface area (Å²) in [4.78, 5) is 36.8. The zero-order valence-corrected chi connectivity index (χ0v) is 25.0. The van der Waals surface area contributed by atoms with E-state index in [1.165, 1.54) is 38.6 Å². The quantitative estimate of drug-likeness (QED) is 0.235. The maximum absolute atomic E-state index is 14.3. The number of ether oxygens (including phenoxy) is 4. The summed E-state index contributed by atoms with van der Waals surface area (Å²) in [5.41, 5.74) is -0.950. The van der Waals surface area contributed by atoms with Gasteiger partial charge in [-0.2, -0.15) is 0 Å². The number of carbonyl (C=O) groups is 3. The van der Waals surface area contributed by atoms with Crippen LogP contribution in [0.5, 0.6) is 0 Å². The number of esters is 3. The molecule has 0 saturated carbocycles. The molecule has 1 aliphatic heterocycles. The number of aromatic nitrogens is 3. The van der Waals surface area contributed by atoms with Crippen molar-refractivity contribution < 1.29 is 42.1 Å². The number of benzene rings is 2. The summed E-state index contributed by atoms with van der Waals surface area (Å²) in [5.74, 6) is -3.56. The molecule has 5 atom stereocenters. The van der Waals surface area contributed by atoms with E-state index in [1.807, 2.05) is 0 Å². The fraction of sp³-hybridized carbons (Fsp3) is 0.370. The van der Waals surface area contributed by atoms with Crippen molar-refractivity contribution in [3.63, 3.8) is 0 Å². The molecule has 15 heteroatoms. The third-order valence-corrected chi connectivity index (χ3v) is 8.08. The number of carbonyl (C=O) groups excluding carboxylic acids is 3. The molecule has 0 N–H and O–H groups in total. The van der Waals surface area contributed by atoms with E-state index in [0.717, 1.165) is 23.9 Å². The van der Waals surface area contributed by atoms with Gasteiger partial charge in [-0.1, -0.05) is 40.2 Å². The first-order valence-electron chi connectivity index (χ1n) is 12.5. The second-order valence-electron chi connectivity index (χ2n) is 9.33. The molecular formula is C27H25Cl2F2N3O7S. The molecule has 1 aliphatic rings. The summed E-state index contributed by atoms with van der Waals surface area (Å²) < 4.78 is 52.6. The van der Waals surface area contributed by atoms with Gasteiger partial charge in [-0.15, -0.1) is 5.10 Å². The van der Waals surface area contributed by atoms with Crippen molar-refractivity contribution in [3.05, 3.63) is 63.8 Å². The van der Waals surface area contributed by atoms with Crippen LogP contribution in [0.1, 0.15) is 32.4 Å². The molecule has 224 valence electrons. The molecule has 0 spiro atoms. The average molecular weight is 644 g/mol. The van der Waals surface area contributed by atoms with Gasteiger partial charge in [-0.25, -0.2) is 13.5 Å². The predicted octanol–water partition coefficient (Wildman–Crippen LogP) is 5.32. The molecule has 1 fully saturated rings. The topological polar surface area (TPSA) is 119 Å². The standard InChI is InChI=1S/C27H25Cl2F2N3O7S/c1-12-20(30)7-16(8-21(12)31)22-10-34(33-32-22)24-25(39-14(3)36)23(11-38-13(2)35)41-27(26(24)40-15(4)37)42-17-5-6-18(28)19(29)9-17/h5-10,23-27H,11H2,1-4H3/t23?,24?,25-,26-,27+/m0/s1. The Hall–Kier alpha value is -3.26. The molecule has 4 rings (SSSR count). The minimum absolute atomic E-state index is 0.0904. The van der Waals surface area contributed by atoms with Crippen LogP contribution in [0.25, 0.3) is 11.3 Å². The van der Waals surface area contributed by atoms with Gasteiger partial charge in [-0.3, -0.25) is 14.4 Å². The lowest BCUT2D eigenvalue weighted by Crippen LogP contribution is -2.57. The number of halogens is 4. The number of rotatable bonds is 8. The van der Waals surface area contributed by atoms with Gasteiger partial charge in [0.2, 0.25) is 0 Å². The Labute approximate surface area is 253 Å². The van der Waals surface area contributed by atoms with Crippen molar-refractivity contribution in [1.29, 1.82) is 0 Å². The summed E-state index contributed by atoms with van der Waals surface area (Å²) in [6.45, 7) is 4.53. The van der Waals surface area contributed by atoms with E-state index in [-0.39, 0.29) is 28.5 Å². The normalized spacial score (nSPS) is 22.0. The van der Waals surface area contributed by atoms with Gasteiger partial charge in [0.25, 0.3) is 0 Å². The number of thioether (sulfide) groups is 1. The number of hydrogen-bond donors (Lipinski definition) is 0. The van der Waals surface area contributed by atoms with Gasteiger partial charge in [0.15, 0.2) is 12.2 Å². The molecule has 1 saturated heterocycles. The second-order valence-corrected chi connectivity index (χ2v) is 11.3. The molecule has 0 radical (unpaired) electrons. The van der Waals surface area contributed by atoms with Crippen LogP contribution >= 0.6 is 35.0 Å². The summed E-state index contributed by atoms with van der Waals surface area (Å²) in [6, 6.07) is 5.97. The maximum Gasteiger partial charge on any atom is 0.303 e. The Morgan fingerprint density at radius 1 is 0.976 bits per heavy atom. The predicted molar refractivity (Wildman–Crippen MR) is 148 cm³/mol. The molecule has 0 aliphatic carbocycles. The van der Waals surface area contributed by atoms with Gasteiger partial charge >= 0.3 is 17.9 Å². The minimum atomic E-state index is -1.21. The lowest BCUT2D eigenvalue weighted by molar-refractivity contribution is -0.212. The monoisotopic (exact) mass is 643 g/mol. The maximum atomic E-state index is 14.3. The van der Waals surface area contributed by atoms with Crippen LogP contribution in [0, 0.1) is 18.6 Å². The minimum Gasteiger partial charge on any atom is -0.463 e. The van der Waals surface area contributed by atoms with Crippen LogP contribution in [-0.2, 0) is 33.3 Å². The lowest BCUT2D eigenvalue weighted by Gasteiger charge is -2.44. The molecule has 0 bridgehead atoms. The first-order chi connectivity index (χ1) is 19.8. The van der Waals surface area contributed by atoms with E-state index in [1.54, 1.807) is 18.2 Å². The first-order valence-corrected chi connectivity index (χ1v) is 14.1. The first kappa shape index (κ1) is 31.7. The zero-order valence-electron chi connectivity index (χ0n) is 22.7. The van der Waals surface area contributed by atoms with E-state index in [4.69, 9.17) is 42.1 Å². The average Bonchev–Trinajstić information content (AvgIpc) is 3.39. The van der Waals surface area contributed by atoms with E-state index < -0.39 is 59.3 Å². The number of hydrogen-bond acceptors (Lipinski definition) is 10.